The number of methoxy groups -OCH3 is 1. The second kappa shape index (κ2) is 10.4. The number of amides is 1. The fraction of sp³-hybridized carbons (Fsp3) is 0.250. The monoisotopic (exact) mass is 436 g/mol. The molecule has 2 aromatic rings. The molecule has 0 aliphatic carbocycles. The molecule has 7 nitrogen and oxygen atoms in total. The molecule has 0 aliphatic heterocycles. The van der Waals surface area contributed by atoms with E-state index < -0.39 is 18.5 Å². The molecule has 1 amide bonds. The van der Waals surface area contributed by atoms with Gasteiger partial charge in [0, 0.05) is 6.08 Å². The van der Waals surface area contributed by atoms with Crippen molar-refractivity contribution in [3.05, 3.63) is 45.8 Å². The molecule has 158 valence electrons. The van der Waals surface area contributed by atoms with Crippen molar-refractivity contribution in [2.24, 2.45) is 0 Å². The molecule has 0 fully saturated rings. The number of anilines is 1. The first-order valence-corrected chi connectivity index (χ1v) is 9.44. The van der Waals surface area contributed by atoms with Gasteiger partial charge in [0.25, 0.3) is 0 Å². The Morgan fingerprint density at radius 2 is 2.07 bits per heavy atom. The quantitative estimate of drug-likeness (QED) is 0.488. The molecular weight excluding hydrogens is 418 g/mol. The van der Waals surface area contributed by atoms with Crippen molar-refractivity contribution in [1.82, 2.24) is 0 Å². The van der Waals surface area contributed by atoms with E-state index in [0.29, 0.717) is 11.1 Å². The summed E-state index contributed by atoms with van der Waals surface area (Å²) in [4.78, 5) is 24.5. The van der Waals surface area contributed by atoms with Crippen LogP contribution < -0.4 is 14.8 Å². The largest absolute Gasteiger partial charge is 0.493 e. The van der Waals surface area contributed by atoms with Crippen LogP contribution >= 0.6 is 11.3 Å². The van der Waals surface area contributed by atoms with Crippen LogP contribution in [0.5, 0.6) is 11.5 Å². The Hall–Kier alpha value is -3.45. The Bertz CT molecular complexity index is 1010. The maximum atomic E-state index is 12.4. The van der Waals surface area contributed by atoms with Crippen LogP contribution in [0, 0.1) is 18.3 Å². The normalized spacial score (nSPS) is 10.7. The van der Waals surface area contributed by atoms with Crippen molar-refractivity contribution < 1.29 is 32.6 Å². The Morgan fingerprint density at radius 3 is 2.67 bits per heavy atom. The number of halogens is 2. The second-order valence-electron chi connectivity index (χ2n) is 5.70. The van der Waals surface area contributed by atoms with Crippen LogP contribution in [0.4, 0.5) is 13.8 Å². The zero-order chi connectivity index (χ0) is 22.3. The summed E-state index contributed by atoms with van der Waals surface area (Å²) < 4.78 is 39.1. The molecule has 0 bridgehead atoms. The Morgan fingerprint density at radius 1 is 1.33 bits per heavy atom. The number of benzene rings is 1. The van der Waals surface area contributed by atoms with Gasteiger partial charge < -0.3 is 19.5 Å². The van der Waals surface area contributed by atoms with Crippen molar-refractivity contribution in [2.45, 2.75) is 20.5 Å². The maximum Gasteiger partial charge on any atom is 0.387 e. The van der Waals surface area contributed by atoms with Gasteiger partial charge in [0.1, 0.15) is 15.9 Å². The average Bonchev–Trinajstić information content (AvgIpc) is 3.02. The molecule has 1 heterocycles. The van der Waals surface area contributed by atoms with Gasteiger partial charge in [0.2, 0.25) is 5.91 Å². The van der Waals surface area contributed by atoms with Gasteiger partial charge in [-0.05, 0) is 43.2 Å². The fourth-order valence-corrected chi connectivity index (χ4v) is 3.49. The van der Waals surface area contributed by atoms with Gasteiger partial charge in [0.05, 0.1) is 19.3 Å². The highest BCUT2D eigenvalue weighted by atomic mass is 32.1. The SMILES string of the molecule is CCOC(=O)c1sc(NC(=O)C=Cc2ccc(OC(F)F)c(OC)c2)c(C#N)c1C. The predicted molar refractivity (Wildman–Crippen MR) is 107 cm³/mol. The number of carbonyl (C=O) groups excluding carboxylic acids is 2. The minimum absolute atomic E-state index is 0.0811. The van der Waals surface area contributed by atoms with Gasteiger partial charge in [-0.25, -0.2) is 4.79 Å². The summed E-state index contributed by atoms with van der Waals surface area (Å²) in [5, 5.41) is 12.1. The summed E-state index contributed by atoms with van der Waals surface area (Å²) in [6.07, 6.45) is 2.63. The Kier molecular flexibility index (Phi) is 7.89. The smallest absolute Gasteiger partial charge is 0.387 e. The van der Waals surface area contributed by atoms with Gasteiger partial charge in [-0.15, -0.1) is 11.3 Å². The number of alkyl halides is 2. The lowest BCUT2D eigenvalue weighted by atomic mass is 10.1. The minimum atomic E-state index is -2.99. The first-order chi connectivity index (χ1) is 14.3. The number of hydrogen-bond acceptors (Lipinski definition) is 7. The first-order valence-electron chi connectivity index (χ1n) is 8.63. The lowest BCUT2D eigenvalue weighted by molar-refractivity contribution is -0.111. The van der Waals surface area contributed by atoms with E-state index in [-0.39, 0.29) is 33.5 Å². The lowest BCUT2D eigenvalue weighted by Crippen LogP contribution is -2.07. The molecule has 2 rings (SSSR count). The van der Waals surface area contributed by atoms with E-state index in [1.165, 1.54) is 37.5 Å². The molecule has 0 unspecified atom stereocenters. The number of hydrogen-bond donors (Lipinski definition) is 1. The lowest BCUT2D eigenvalue weighted by Gasteiger charge is -2.10. The highest BCUT2D eigenvalue weighted by molar-refractivity contribution is 7.18. The summed E-state index contributed by atoms with van der Waals surface area (Å²) >= 11 is 0.952. The van der Waals surface area contributed by atoms with Crippen LogP contribution in [0.15, 0.2) is 24.3 Å². The van der Waals surface area contributed by atoms with Crippen molar-refractivity contribution in [3.63, 3.8) is 0 Å². The third-order valence-electron chi connectivity index (χ3n) is 3.79. The number of ether oxygens (including phenoxy) is 3. The topological polar surface area (TPSA) is 97.7 Å². The number of nitrogens with zero attached hydrogens (tertiary/aromatic N) is 1. The fourth-order valence-electron chi connectivity index (χ4n) is 2.43. The molecule has 30 heavy (non-hydrogen) atoms. The first kappa shape index (κ1) is 22.8. The van der Waals surface area contributed by atoms with Crippen LogP contribution in [-0.2, 0) is 9.53 Å². The summed E-state index contributed by atoms with van der Waals surface area (Å²) in [6, 6.07) is 6.16. The molecule has 0 aliphatic rings. The van der Waals surface area contributed by atoms with Gasteiger partial charge in [-0.2, -0.15) is 14.0 Å². The third-order valence-corrected chi connectivity index (χ3v) is 4.97. The molecule has 1 N–H and O–H groups in total. The van der Waals surface area contributed by atoms with E-state index in [1.54, 1.807) is 13.8 Å². The molecule has 0 saturated carbocycles. The molecule has 0 radical (unpaired) electrons. The number of nitriles is 1. The summed E-state index contributed by atoms with van der Waals surface area (Å²) in [7, 11) is 1.30. The Balaban J connectivity index is 2.18. The minimum Gasteiger partial charge on any atom is -0.493 e. The molecule has 10 heteroatoms. The number of nitrogens with one attached hydrogen (secondary N) is 1. The number of thiophene rings is 1. The molecule has 1 aromatic heterocycles. The van der Waals surface area contributed by atoms with E-state index >= 15 is 0 Å². The third kappa shape index (κ3) is 5.55. The molecule has 0 saturated heterocycles. The van der Waals surface area contributed by atoms with Crippen molar-refractivity contribution in [3.8, 4) is 17.6 Å². The van der Waals surface area contributed by atoms with Gasteiger partial charge in [-0.3, -0.25) is 4.79 Å². The van der Waals surface area contributed by atoms with E-state index in [1.807, 2.05) is 6.07 Å². The summed E-state index contributed by atoms with van der Waals surface area (Å²) in [6.45, 7) is 0.463. The number of esters is 1. The van der Waals surface area contributed by atoms with Crippen molar-refractivity contribution >= 4 is 34.3 Å². The number of rotatable bonds is 8. The van der Waals surface area contributed by atoms with Crippen LogP contribution in [-0.4, -0.2) is 32.2 Å². The van der Waals surface area contributed by atoms with E-state index in [2.05, 4.69) is 10.1 Å². The standard InChI is InChI=1S/C20H18F2N2O5S/c1-4-28-19(26)17-11(2)13(10-23)18(30-17)24-16(25)8-6-12-5-7-14(29-20(21)22)15(9-12)27-3/h5-9,20H,4H2,1-3H3,(H,24,25). The summed E-state index contributed by atoms with van der Waals surface area (Å²) in [5.41, 5.74) is 1.11. The van der Waals surface area contributed by atoms with E-state index in [0.717, 1.165) is 11.3 Å². The zero-order valence-corrected chi connectivity index (χ0v) is 17.1. The highest BCUT2D eigenvalue weighted by Gasteiger charge is 2.21. The number of carbonyl (C=O) groups is 2. The van der Waals surface area contributed by atoms with Crippen LogP contribution in [0.1, 0.15) is 33.3 Å². The van der Waals surface area contributed by atoms with Gasteiger partial charge >= 0.3 is 12.6 Å². The zero-order valence-electron chi connectivity index (χ0n) is 16.3. The molecular formula is C20H18F2N2O5S. The van der Waals surface area contributed by atoms with Gasteiger partial charge in [0.15, 0.2) is 11.5 Å². The molecule has 0 spiro atoms. The van der Waals surface area contributed by atoms with Gasteiger partial charge in [-0.1, -0.05) is 6.07 Å². The molecule has 1 aromatic carbocycles. The van der Waals surface area contributed by atoms with E-state index in [4.69, 9.17) is 9.47 Å². The van der Waals surface area contributed by atoms with Crippen LogP contribution in [0.3, 0.4) is 0 Å². The summed E-state index contributed by atoms with van der Waals surface area (Å²) in [5.74, 6) is -1.16. The second-order valence-corrected chi connectivity index (χ2v) is 6.72. The Labute approximate surface area is 175 Å². The predicted octanol–water partition coefficient (Wildman–Crippen LogP) is 4.37. The van der Waals surface area contributed by atoms with E-state index in [9.17, 15) is 23.6 Å². The average molecular weight is 436 g/mol. The molecule has 0 atom stereocenters. The maximum absolute atomic E-state index is 12.4. The van der Waals surface area contributed by atoms with Crippen LogP contribution in [0.25, 0.3) is 6.08 Å². The highest BCUT2D eigenvalue weighted by Crippen LogP contribution is 2.33. The van der Waals surface area contributed by atoms with Crippen LogP contribution in [0.2, 0.25) is 0 Å². The van der Waals surface area contributed by atoms with Crippen molar-refractivity contribution in [1.29, 1.82) is 5.26 Å². The van der Waals surface area contributed by atoms with Crippen molar-refractivity contribution in [2.75, 3.05) is 19.0 Å².